The zero-order chi connectivity index (χ0) is 13.8. The fourth-order valence-corrected chi connectivity index (χ4v) is 2.86. The molecule has 1 atom stereocenters. The largest absolute Gasteiger partial charge is 0.0648 e. The second-order valence-corrected chi connectivity index (χ2v) is 5.60. The van der Waals surface area contributed by atoms with Gasteiger partial charge in [0.15, 0.2) is 0 Å². The van der Waals surface area contributed by atoms with Crippen molar-refractivity contribution in [2.24, 2.45) is 0 Å². The first kappa shape index (κ1) is 13.9. The monoisotopic (exact) mass is 252 g/mol. The summed E-state index contributed by atoms with van der Waals surface area (Å²) < 4.78 is 0. The van der Waals surface area contributed by atoms with Gasteiger partial charge in [-0.2, -0.15) is 0 Å². The van der Waals surface area contributed by atoms with E-state index < -0.39 is 0 Å². The van der Waals surface area contributed by atoms with E-state index in [4.69, 9.17) is 0 Å². The maximum Gasteiger partial charge on any atom is -0.0121 e. The van der Waals surface area contributed by atoms with E-state index >= 15 is 0 Å². The summed E-state index contributed by atoms with van der Waals surface area (Å²) >= 11 is 0. The molecule has 2 aromatic carbocycles. The maximum atomic E-state index is 2.30. The number of rotatable bonds is 4. The van der Waals surface area contributed by atoms with Crippen LogP contribution in [0.5, 0.6) is 0 Å². The van der Waals surface area contributed by atoms with Crippen molar-refractivity contribution in [1.82, 2.24) is 0 Å². The molecule has 0 aliphatic carbocycles. The van der Waals surface area contributed by atoms with Crippen molar-refractivity contribution in [3.05, 3.63) is 70.3 Å². The lowest BCUT2D eigenvalue weighted by Gasteiger charge is -2.19. The summed E-state index contributed by atoms with van der Waals surface area (Å²) in [6.45, 7) is 8.91. The molecule has 0 bridgehead atoms. The minimum atomic E-state index is 0.627. The number of hydrogen-bond acceptors (Lipinski definition) is 0. The summed E-state index contributed by atoms with van der Waals surface area (Å²) in [6, 6.07) is 15.6. The van der Waals surface area contributed by atoms with Gasteiger partial charge in [0.05, 0.1) is 0 Å². The number of benzene rings is 2. The van der Waals surface area contributed by atoms with Gasteiger partial charge in [0.1, 0.15) is 0 Å². The maximum absolute atomic E-state index is 2.30. The van der Waals surface area contributed by atoms with Gasteiger partial charge in [-0.25, -0.2) is 0 Å². The van der Waals surface area contributed by atoms with Crippen molar-refractivity contribution in [3.63, 3.8) is 0 Å². The first-order chi connectivity index (χ1) is 9.11. The van der Waals surface area contributed by atoms with Crippen LogP contribution in [-0.4, -0.2) is 0 Å². The van der Waals surface area contributed by atoms with Crippen LogP contribution in [0.3, 0.4) is 0 Å². The van der Waals surface area contributed by atoms with Crippen molar-refractivity contribution >= 4 is 0 Å². The molecule has 2 aromatic rings. The Kier molecular flexibility index (Phi) is 4.42. The predicted octanol–water partition coefficient (Wildman–Crippen LogP) is 5.35. The third kappa shape index (κ3) is 3.26. The molecule has 2 rings (SSSR count). The average Bonchev–Trinajstić information content (AvgIpc) is 2.39. The van der Waals surface area contributed by atoms with Crippen molar-refractivity contribution in [1.29, 1.82) is 0 Å². The lowest BCUT2D eigenvalue weighted by Crippen LogP contribution is -2.05. The van der Waals surface area contributed by atoms with E-state index in [-0.39, 0.29) is 0 Å². The van der Waals surface area contributed by atoms with Crippen molar-refractivity contribution < 1.29 is 0 Å². The molecule has 0 fully saturated rings. The molecule has 0 spiro atoms. The molecule has 0 radical (unpaired) electrons. The Labute approximate surface area is 117 Å². The predicted molar refractivity (Wildman–Crippen MR) is 83.8 cm³/mol. The Morgan fingerprint density at radius 1 is 0.895 bits per heavy atom. The van der Waals surface area contributed by atoms with Crippen molar-refractivity contribution in [2.75, 3.05) is 0 Å². The highest BCUT2D eigenvalue weighted by molar-refractivity contribution is 5.35. The van der Waals surface area contributed by atoms with Crippen LogP contribution in [0.2, 0.25) is 0 Å². The molecule has 0 heterocycles. The smallest absolute Gasteiger partial charge is 0.0121 e. The van der Waals surface area contributed by atoms with E-state index in [2.05, 4.69) is 70.2 Å². The van der Waals surface area contributed by atoms with Gasteiger partial charge in [-0.3, -0.25) is 0 Å². The highest BCUT2D eigenvalue weighted by atomic mass is 14.2. The summed E-state index contributed by atoms with van der Waals surface area (Å²) in [4.78, 5) is 0. The van der Waals surface area contributed by atoms with E-state index in [1.807, 2.05) is 0 Å². The second-order valence-electron chi connectivity index (χ2n) is 5.60. The van der Waals surface area contributed by atoms with E-state index in [1.54, 1.807) is 0 Å². The first-order valence-electron chi connectivity index (χ1n) is 7.23. The first-order valence-corrected chi connectivity index (χ1v) is 7.23. The number of hydrogen-bond donors (Lipinski definition) is 0. The molecule has 0 nitrogen and oxygen atoms in total. The van der Waals surface area contributed by atoms with Crippen LogP contribution in [-0.2, 0) is 6.42 Å². The Bertz CT molecular complexity index is 552. The lowest BCUT2D eigenvalue weighted by molar-refractivity contribution is 0.654. The van der Waals surface area contributed by atoms with Gasteiger partial charge in [0, 0.05) is 0 Å². The molecule has 0 aromatic heterocycles. The molecular weight excluding hydrogens is 228 g/mol. The van der Waals surface area contributed by atoms with Gasteiger partial charge in [0.25, 0.3) is 0 Å². The fraction of sp³-hybridized carbons (Fsp3) is 0.368. The molecule has 0 N–H and O–H groups in total. The zero-order valence-corrected chi connectivity index (χ0v) is 12.5. The molecule has 19 heavy (non-hydrogen) atoms. The van der Waals surface area contributed by atoms with Crippen LogP contribution < -0.4 is 0 Å². The fourth-order valence-electron chi connectivity index (χ4n) is 2.86. The average molecular weight is 252 g/mol. The van der Waals surface area contributed by atoms with Gasteiger partial charge in [-0.1, -0.05) is 55.0 Å². The molecule has 0 aliphatic heterocycles. The summed E-state index contributed by atoms with van der Waals surface area (Å²) in [6.07, 6.45) is 2.34. The summed E-state index contributed by atoms with van der Waals surface area (Å²) in [5, 5.41) is 0. The van der Waals surface area contributed by atoms with E-state index in [9.17, 15) is 0 Å². The SMILES string of the molecule is CCC(Cc1ccc(C)cc1C)c1ccccc1C. The lowest BCUT2D eigenvalue weighted by atomic mass is 9.86. The summed E-state index contributed by atoms with van der Waals surface area (Å²) in [7, 11) is 0. The van der Waals surface area contributed by atoms with Gasteiger partial charge < -0.3 is 0 Å². The van der Waals surface area contributed by atoms with E-state index in [1.165, 1.54) is 34.2 Å². The highest BCUT2D eigenvalue weighted by Crippen LogP contribution is 2.28. The molecule has 0 saturated heterocycles. The third-order valence-corrected chi connectivity index (χ3v) is 4.09. The molecule has 0 amide bonds. The Morgan fingerprint density at radius 2 is 1.63 bits per heavy atom. The molecule has 0 heteroatoms. The molecule has 0 saturated carbocycles. The van der Waals surface area contributed by atoms with Crippen LogP contribution in [0, 0.1) is 20.8 Å². The normalized spacial score (nSPS) is 12.4. The van der Waals surface area contributed by atoms with Crippen LogP contribution in [0.1, 0.15) is 47.1 Å². The van der Waals surface area contributed by atoms with Crippen LogP contribution in [0.25, 0.3) is 0 Å². The van der Waals surface area contributed by atoms with E-state index in [0.29, 0.717) is 5.92 Å². The number of aryl methyl sites for hydroxylation is 3. The minimum Gasteiger partial charge on any atom is -0.0648 e. The summed E-state index contributed by atoms with van der Waals surface area (Å²) in [5.41, 5.74) is 7.18. The van der Waals surface area contributed by atoms with Gasteiger partial charge in [0.2, 0.25) is 0 Å². The second kappa shape index (κ2) is 6.06. The van der Waals surface area contributed by atoms with Crippen molar-refractivity contribution in [2.45, 2.75) is 46.5 Å². The topological polar surface area (TPSA) is 0 Å². The Morgan fingerprint density at radius 3 is 2.26 bits per heavy atom. The summed E-state index contributed by atoms with van der Waals surface area (Å²) in [5.74, 6) is 0.627. The Hall–Kier alpha value is -1.56. The molecule has 100 valence electrons. The quantitative estimate of drug-likeness (QED) is 0.688. The van der Waals surface area contributed by atoms with Gasteiger partial charge >= 0.3 is 0 Å². The minimum absolute atomic E-state index is 0.627. The van der Waals surface area contributed by atoms with Crippen LogP contribution in [0.15, 0.2) is 42.5 Å². The van der Waals surface area contributed by atoms with Crippen molar-refractivity contribution in [3.8, 4) is 0 Å². The van der Waals surface area contributed by atoms with Gasteiger partial charge in [-0.05, 0) is 61.8 Å². The zero-order valence-electron chi connectivity index (χ0n) is 12.5. The third-order valence-electron chi connectivity index (χ3n) is 4.09. The van der Waals surface area contributed by atoms with Gasteiger partial charge in [-0.15, -0.1) is 0 Å². The molecule has 1 unspecified atom stereocenters. The molecular formula is C19H24. The standard InChI is InChI=1S/C19H24/c1-5-17(19-9-7-6-8-15(19)3)13-18-11-10-14(2)12-16(18)4/h6-12,17H,5,13H2,1-4H3. The van der Waals surface area contributed by atoms with E-state index in [0.717, 1.165) is 6.42 Å². The highest BCUT2D eigenvalue weighted by Gasteiger charge is 2.13. The van der Waals surface area contributed by atoms with Crippen LogP contribution >= 0.6 is 0 Å². The molecule has 0 aliphatic rings. The Balaban J connectivity index is 2.27. The van der Waals surface area contributed by atoms with Crippen LogP contribution in [0.4, 0.5) is 0 Å².